The fraction of sp³-hybridized carbons (Fsp3) is 0.708. The minimum absolute atomic E-state index is 0.211. The molecule has 1 saturated heterocycles. The molecule has 0 N–H and O–H groups in total. The minimum atomic E-state index is -0.758. The van der Waals surface area contributed by atoms with Gasteiger partial charge in [-0.25, -0.2) is 0 Å². The molecule has 5 nitrogen and oxygen atoms in total. The lowest BCUT2D eigenvalue weighted by atomic mass is 9.79. The van der Waals surface area contributed by atoms with Crippen molar-refractivity contribution in [3.05, 3.63) is 23.2 Å². The van der Waals surface area contributed by atoms with Crippen LogP contribution in [0.5, 0.6) is 5.75 Å². The number of rotatable bonds is 7. The van der Waals surface area contributed by atoms with Crippen molar-refractivity contribution in [3.63, 3.8) is 0 Å². The van der Waals surface area contributed by atoms with Crippen LogP contribution in [-0.4, -0.2) is 36.5 Å². The quantitative estimate of drug-likeness (QED) is 0.409. The van der Waals surface area contributed by atoms with Gasteiger partial charge in [0.25, 0.3) is 0 Å². The van der Waals surface area contributed by atoms with E-state index in [1.54, 1.807) is 6.07 Å². The zero-order valence-electron chi connectivity index (χ0n) is 20.7. The molecule has 0 aromatic heterocycles. The monoisotopic (exact) mass is 452 g/mol. The molecule has 1 heterocycles. The Morgan fingerprint density at radius 2 is 1.65 bits per heavy atom. The lowest BCUT2D eigenvalue weighted by molar-refractivity contribution is -0.172. The van der Waals surface area contributed by atoms with Gasteiger partial charge in [-0.2, -0.15) is 0 Å². The molecule has 0 amide bonds. The number of ether oxygens (including phenoxy) is 2. The van der Waals surface area contributed by atoms with E-state index in [1.807, 2.05) is 67.5 Å². The zero-order valence-corrected chi connectivity index (χ0v) is 21.5. The van der Waals surface area contributed by atoms with Crippen molar-refractivity contribution in [1.82, 2.24) is 0 Å². The highest BCUT2D eigenvalue weighted by atomic mass is 35.5. The van der Waals surface area contributed by atoms with Crippen molar-refractivity contribution in [3.8, 4) is 5.75 Å². The average Bonchev–Trinajstić information content (AvgIpc) is 2.79. The van der Waals surface area contributed by atoms with Crippen LogP contribution in [0, 0.1) is 11.3 Å². The first kappa shape index (κ1) is 26.0. The van der Waals surface area contributed by atoms with Crippen molar-refractivity contribution in [2.24, 2.45) is 11.3 Å². The van der Waals surface area contributed by atoms with E-state index in [2.05, 4.69) is 13.8 Å². The van der Waals surface area contributed by atoms with Crippen LogP contribution in [0.1, 0.15) is 75.7 Å². The highest BCUT2D eigenvalue weighted by Crippen LogP contribution is 2.37. The summed E-state index contributed by atoms with van der Waals surface area (Å²) in [6.07, 6.45) is 0.679. The van der Waals surface area contributed by atoms with E-state index in [1.165, 1.54) is 0 Å². The predicted octanol–water partition coefficient (Wildman–Crippen LogP) is 5.41. The summed E-state index contributed by atoms with van der Waals surface area (Å²) in [4.78, 5) is 12.5. The Kier molecular flexibility index (Phi) is 7.52. The molecule has 1 aromatic rings. The van der Waals surface area contributed by atoms with Crippen LogP contribution in [0.15, 0.2) is 18.2 Å². The summed E-state index contributed by atoms with van der Waals surface area (Å²) >= 11 is 6.52. The second-order valence-corrected chi connectivity index (χ2v) is 11.7. The number of halogens is 1. The third-order valence-electron chi connectivity index (χ3n) is 5.81. The van der Waals surface area contributed by atoms with Crippen LogP contribution in [-0.2, 0) is 18.8 Å². The van der Waals surface area contributed by atoms with Crippen LogP contribution in [0.3, 0.4) is 0 Å². The van der Waals surface area contributed by atoms with E-state index in [4.69, 9.17) is 30.4 Å². The average molecular weight is 453 g/mol. The fourth-order valence-electron chi connectivity index (χ4n) is 3.36. The molecule has 1 aliphatic rings. The Balaban J connectivity index is 2.14. The topological polar surface area (TPSA) is 54.0 Å². The van der Waals surface area contributed by atoms with Crippen molar-refractivity contribution >= 4 is 30.2 Å². The highest BCUT2D eigenvalue weighted by molar-refractivity contribution is 6.62. The molecule has 1 aliphatic heterocycles. The normalized spacial score (nSPS) is 19.9. The molecule has 0 saturated carbocycles. The summed E-state index contributed by atoms with van der Waals surface area (Å²) in [5.74, 6) is 0.618. The maximum Gasteiger partial charge on any atom is 0.494 e. The number of carbonyl (C=O) groups is 1. The standard InChI is InChI=1S/C24H38BClO5/c1-16(2)14-24(10,29-20(27)21(3,4)5)15-28-19-12-11-17(13-18(19)26)25-30-22(6,7)23(8,9)31-25/h11-13,16H,14-15H2,1-10H3. The van der Waals surface area contributed by atoms with E-state index in [0.717, 1.165) is 5.46 Å². The Labute approximate surface area is 193 Å². The molecule has 2 rings (SSSR count). The maximum absolute atomic E-state index is 12.5. The summed E-state index contributed by atoms with van der Waals surface area (Å²) in [5.41, 5.74) is -1.35. The van der Waals surface area contributed by atoms with Crippen molar-refractivity contribution < 1.29 is 23.6 Å². The summed E-state index contributed by atoms with van der Waals surface area (Å²) in [6, 6.07) is 5.51. The van der Waals surface area contributed by atoms with E-state index >= 15 is 0 Å². The van der Waals surface area contributed by atoms with Crippen molar-refractivity contribution in [2.45, 2.75) is 92.5 Å². The lowest BCUT2D eigenvalue weighted by Gasteiger charge is -2.33. The first-order valence-electron chi connectivity index (χ1n) is 11.0. The molecule has 1 atom stereocenters. The number of esters is 1. The largest absolute Gasteiger partial charge is 0.494 e. The Bertz CT molecular complexity index is 784. The van der Waals surface area contributed by atoms with Crippen molar-refractivity contribution in [1.29, 1.82) is 0 Å². The van der Waals surface area contributed by atoms with E-state index in [0.29, 0.717) is 23.1 Å². The van der Waals surface area contributed by atoms with E-state index in [-0.39, 0.29) is 12.6 Å². The van der Waals surface area contributed by atoms with Gasteiger partial charge in [0, 0.05) is 0 Å². The van der Waals surface area contributed by atoms with Gasteiger partial charge < -0.3 is 18.8 Å². The first-order chi connectivity index (χ1) is 14.0. The smallest absolute Gasteiger partial charge is 0.488 e. The molecule has 174 valence electrons. The Morgan fingerprint density at radius 1 is 1.10 bits per heavy atom. The van der Waals surface area contributed by atoms with Crippen LogP contribution in [0.25, 0.3) is 0 Å². The van der Waals surface area contributed by atoms with Gasteiger partial charge >= 0.3 is 13.1 Å². The van der Waals surface area contributed by atoms with Gasteiger partial charge in [0.05, 0.1) is 21.6 Å². The van der Waals surface area contributed by atoms with Gasteiger partial charge in [0.2, 0.25) is 0 Å². The summed E-state index contributed by atoms with van der Waals surface area (Å²) < 4.78 is 24.1. The fourth-order valence-corrected chi connectivity index (χ4v) is 3.60. The SMILES string of the molecule is CC(C)CC(C)(COc1ccc(B2OC(C)(C)C(C)(C)O2)cc1Cl)OC(=O)C(C)(C)C. The van der Waals surface area contributed by atoms with E-state index < -0.39 is 29.3 Å². The summed E-state index contributed by atoms with van der Waals surface area (Å²) in [5, 5.41) is 0.459. The van der Waals surface area contributed by atoms with Gasteiger partial charge in [0.1, 0.15) is 18.0 Å². The molecule has 1 fully saturated rings. The van der Waals surface area contributed by atoms with Gasteiger partial charge in [0.15, 0.2) is 0 Å². The third kappa shape index (κ3) is 6.39. The number of hydrogen-bond donors (Lipinski definition) is 0. The summed E-state index contributed by atoms with van der Waals surface area (Å²) in [7, 11) is -0.490. The first-order valence-corrected chi connectivity index (χ1v) is 11.3. The zero-order chi connectivity index (χ0) is 23.8. The number of carbonyl (C=O) groups excluding carboxylic acids is 1. The highest BCUT2D eigenvalue weighted by Gasteiger charge is 2.51. The van der Waals surface area contributed by atoms with E-state index in [9.17, 15) is 4.79 Å². The molecular weight excluding hydrogens is 415 g/mol. The molecule has 1 aromatic carbocycles. The van der Waals surface area contributed by atoms with Crippen LogP contribution >= 0.6 is 11.6 Å². The lowest BCUT2D eigenvalue weighted by Crippen LogP contribution is -2.42. The van der Waals surface area contributed by atoms with Gasteiger partial charge in [-0.1, -0.05) is 31.5 Å². The predicted molar refractivity (Wildman–Crippen MR) is 126 cm³/mol. The second kappa shape index (κ2) is 8.95. The summed E-state index contributed by atoms with van der Waals surface area (Å²) in [6.45, 7) is 19.9. The molecule has 0 bridgehead atoms. The number of hydrogen-bond acceptors (Lipinski definition) is 5. The third-order valence-corrected chi connectivity index (χ3v) is 6.10. The van der Waals surface area contributed by atoms with Gasteiger partial charge in [-0.15, -0.1) is 0 Å². The minimum Gasteiger partial charge on any atom is -0.488 e. The Hall–Kier alpha value is -1.24. The van der Waals surface area contributed by atoms with Crippen molar-refractivity contribution in [2.75, 3.05) is 6.61 Å². The van der Waals surface area contributed by atoms with Crippen LogP contribution in [0.4, 0.5) is 0 Å². The van der Waals surface area contributed by atoms with Crippen LogP contribution < -0.4 is 10.2 Å². The Morgan fingerprint density at radius 3 is 2.10 bits per heavy atom. The molecule has 0 aliphatic carbocycles. The molecule has 0 radical (unpaired) electrons. The van der Waals surface area contributed by atoms with Gasteiger partial charge in [-0.3, -0.25) is 4.79 Å². The molecular formula is C24H38BClO5. The maximum atomic E-state index is 12.5. The van der Waals surface area contributed by atoms with Crippen LogP contribution in [0.2, 0.25) is 5.02 Å². The number of benzene rings is 1. The molecule has 31 heavy (non-hydrogen) atoms. The molecule has 1 unspecified atom stereocenters. The molecule has 0 spiro atoms. The second-order valence-electron chi connectivity index (χ2n) is 11.3. The van der Waals surface area contributed by atoms with Gasteiger partial charge in [-0.05, 0) is 85.3 Å². The molecule has 7 heteroatoms.